The molecule has 0 radical (unpaired) electrons. The second-order valence-electron chi connectivity index (χ2n) is 8.17. The predicted molar refractivity (Wildman–Crippen MR) is 152 cm³/mol. The van der Waals surface area contributed by atoms with Crippen LogP contribution in [0, 0.1) is 0 Å². The lowest BCUT2D eigenvalue weighted by Gasteiger charge is -2.14. The average molecular weight is 652 g/mol. The number of carbonyl (C=O) groups is 3. The smallest absolute Gasteiger partial charge is 0.339 e. The molecular weight excluding hydrogens is 632 g/mol. The number of methoxy groups -OCH3 is 1. The SMILES string of the molecule is COc1cc(/C=C2\SC(=O)N(Cc3ccc(Br)cc3)C2=O)cc(Cl)c1OS(=O)(=O)c1ccc(NC(C)=O)cc1. The van der Waals surface area contributed by atoms with E-state index in [2.05, 4.69) is 21.2 Å². The fourth-order valence-corrected chi connectivity index (χ4v) is 5.89. The molecule has 3 aromatic rings. The normalized spacial score (nSPS) is 14.6. The number of benzene rings is 3. The Hall–Kier alpha value is -3.32. The van der Waals surface area contributed by atoms with Crippen LogP contribution >= 0.6 is 39.3 Å². The summed E-state index contributed by atoms with van der Waals surface area (Å²) >= 11 is 10.5. The summed E-state index contributed by atoms with van der Waals surface area (Å²) in [6.07, 6.45) is 1.47. The lowest BCUT2D eigenvalue weighted by Crippen LogP contribution is -2.27. The van der Waals surface area contributed by atoms with Crippen molar-refractivity contribution in [3.05, 3.63) is 86.2 Å². The number of anilines is 1. The first-order valence-corrected chi connectivity index (χ1v) is 14.6. The summed E-state index contributed by atoms with van der Waals surface area (Å²) in [7, 11) is -3.00. The summed E-state index contributed by atoms with van der Waals surface area (Å²) in [6.45, 7) is 1.45. The van der Waals surface area contributed by atoms with Gasteiger partial charge in [-0.1, -0.05) is 39.7 Å². The van der Waals surface area contributed by atoms with E-state index >= 15 is 0 Å². The number of rotatable bonds is 8. The van der Waals surface area contributed by atoms with Gasteiger partial charge in [-0.15, -0.1) is 0 Å². The minimum atomic E-state index is -4.31. The van der Waals surface area contributed by atoms with Gasteiger partial charge in [0.05, 0.1) is 23.6 Å². The van der Waals surface area contributed by atoms with E-state index in [0.717, 1.165) is 26.7 Å². The lowest BCUT2D eigenvalue weighted by molar-refractivity contribution is -0.123. The number of ether oxygens (including phenoxy) is 1. The Morgan fingerprint density at radius 2 is 1.77 bits per heavy atom. The molecule has 0 aromatic heterocycles. The minimum Gasteiger partial charge on any atom is -0.493 e. The predicted octanol–water partition coefficient (Wildman–Crippen LogP) is 6.07. The van der Waals surface area contributed by atoms with Crippen molar-refractivity contribution in [2.45, 2.75) is 18.4 Å². The van der Waals surface area contributed by atoms with Crippen molar-refractivity contribution in [3.8, 4) is 11.5 Å². The molecule has 1 N–H and O–H groups in total. The van der Waals surface area contributed by atoms with Gasteiger partial charge in [-0.3, -0.25) is 19.3 Å². The molecule has 4 rings (SSSR count). The summed E-state index contributed by atoms with van der Waals surface area (Å²) in [4.78, 5) is 37.8. The molecule has 0 unspecified atom stereocenters. The first-order valence-electron chi connectivity index (χ1n) is 11.2. The van der Waals surface area contributed by atoms with Crippen LogP contribution in [-0.4, -0.2) is 37.5 Å². The van der Waals surface area contributed by atoms with Crippen LogP contribution in [0.25, 0.3) is 6.08 Å². The Labute approximate surface area is 242 Å². The van der Waals surface area contributed by atoms with Gasteiger partial charge < -0.3 is 14.2 Å². The third-order valence-electron chi connectivity index (χ3n) is 5.33. The van der Waals surface area contributed by atoms with Crippen LogP contribution < -0.4 is 14.2 Å². The molecule has 0 spiro atoms. The third kappa shape index (κ3) is 6.82. The van der Waals surface area contributed by atoms with Gasteiger partial charge >= 0.3 is 10.1 Å². The lowest BCUT2D eigenvalue weighted by atomic mass is 10.1. The van der Waals surface area contributed by atoms with Gasteiger partial charge in [-0.05, 0) is 77.5 Å². The molecule has 0 atom stereocenters. The Morgan fingerprint density at radius 3 is 2.38 bits per heavy atom. The quantitative estimate of drug-likeness (QED) is 0.230. The molecule has 1 aliphatic rings. The van der Waals surface area contributed by atoms with Crippen molar-refractivity contribution in [1.82, 2.24) is 4.90 Å². The highest BCUT2D eigenvalue weighted by Crippen LogP contribution is 2.40. The number of nitrogens with zero attached hydrogens (tertiary/aromatic N) is 1. The molecular formula is C26H20BrClN2O7S2. The Kier molecular flexibility index (Phi) is 8.70. The van der Waals surface area contributed by atoms with E-state index < -0.39 is 21.3 Å². The second kappa shape index (κ2) is 11.8. The van der Waals surface area contributed by atoms with Crippen LogP contribution in [0.4, 0.5) is 10.5 Å². The van der Waals surface area contributed by atoms with Gasteiger partial charge in [0, 0.05) is 17.1 Å². The molecule has 0 aliphatic carbocycles. The van der Waals surface area contributed by atoms with Crippen molar-refractivity contribution in [3.63, 3.8) is 0 Å². The van der Waals surface area contributed by atoms with E-state index in [9.17, 15) is 22.8 Å². The van der Waals surface area contributed by atoms with Gasteiger partial charge in [0.1, 0.15) is 4.90 Å². The van der Waals surface area contributed by atoms with E-state index in [-0.39, 0.29) is 38.8 Å². The number of halogens is 2. The van der Waals surface area contributed by atoms with Crippen molar-refractivity contribution < 1.29 is 31.7 Å². The van der Waals surface area contributed by atoms with E-state index in [1.807, 2.05) is 24.3 Å². The first kappa shape index (κ1) is 28.7. The highest BCUT2D eigenvalue weighted by Gasteiger charge is 2.35. The van der Waals surface area contributed by atoms with Crippen LogP contribution in [0.5, 0.6) is 11.5 Å². The molecule has 9 nitrogen and oxygen atoms in total. The molecule has 1 aliphatic heterocycles. The van der Waals surface area contributed by atoms with Gasteiger partial charge in [0.2, 0.25) is 11.7 Å². The number of imide groups is 1. The fraction of sp³-hybridized carbons (Fsp3) is 0.115. The number of amides is 3. The van der Waals surface area contributed by atoms with Crippen LogP contribution in [0.2, 0.25) is 5.02 Å². The number of nitrogens with one attached hydrogen (secondary N) is 1. The van der Waals surface area contributed by atoms with Crippen molar-refractivity contribution in [2.24, 2.45) is 0 Å². The molecule has 1 heterocycles. The summed E-state index contributed by atoms with van der Waals surface area (Å²) in [5.41, 5.74) is 1.61. The first-order chi connectivity index (χ1) is 18.5. The summed E-state index contributed by atoms with van der Waals surface area (Å²) < 4.78 is 37.2. The third-order valence-corrected chi connectivity index (χ3v) is 8.29. The fourth-order valence-electron chi connectivity index (χ4n) is 3.53. The highest BCUT2D eigenvalue weighted by molar-refractivity contribution is 9.10. The Bertz CT molecular complexity index is 1590. The largest absolute Gasteiger partial charge is 0.493 e. The summed E-state index contributed by atoms with van der Waals surface area (Å²) in [5.74, 6) is -1.01. The van der Waals surface area contributed by atoms with Gasteiger partial charge in [0.25, 0.3) is 11.1 Å². The number of hydrogen-bond acceptors (Lipinski definition) is 8. The molecule has 1 saturated heterocycles. The monoisotopic (exact) mass is 650 g/mol. The Morgan fingerprint density at radius 1 is 1.10 bits per heavy atom. The maximum atomic E-state index is 12.9. The zero-order valence-electron chi connectivity index (χ0n) is 20.4. The molecule has 39 heavy (non-hydrogen) atoms. The second-order valence-corrected chi connectivity index (χ2v) is 12.0. The molecule has 0 saturated carbocycles. The zero-order valence-corrected chi connectivity index (χ0v) is 24.4. The number of carbonyl (C=O) groups excluding carboxylic acids is 3. The maximum Gasteiger partial charge on any atom is 0.339 e. The van der Waals surface area contributed by atoms with Crippen molar-refractivity contribution >= 4 is 78.2 Å². The maximum absolute atomic E-state index is 12.9. The molecule has 3 amide bonds. The van der Waals surface area contributed by atoms with E-state index in [1.165, 1.54) is 56.5 Å². The Balaban J connectivity index is 1.56. The molecule has 13 heteroatoms. The van der Waals surface area contributed by atoms with Gasteiger partial charge in [-0.2, -0.15) is 8.42 Å². The van der Waals surface area contributed by atoms with Gasteiger partial charge in [0.15, 0.2) is 5.75 Å². The molecule has 1 fully saturated rings. The van der Waals surface area contributed by atoms with Crippen LogP contribution in [0.1, 0.15) is 18.1 Å². The summed E-state index contributed by atoms with van der Waals surface area (Å²) in [5, 5.41) is 2.04. The van der Waals surface area contributed by atoms with Gasteiger partial charge in [-0.25, -0.2) is 0 Å². The van der Waals surface area contributed by atoms with Crippen molar-refractivity contribution in [1.29, 1.82) is 0 Å². The average Bonchev–Trinajstić information content (AvgIpc) is 3.13. The molecule has 0 bridgehead atoms. The molecule has 202 valence electrons. The zero-order chi connectivity index (χ0) is 28.3. The van der Waals surface area contributed by atoms with Crippen LogP contribution in [0.3, 0.4) is 0 Å². The van der Waals surface area contributed by atoms with E-state index in [1.54, 1.807) is 0 Å². The number of thioether (sulfide) groups is 1. The summed E-state index contributed by atoms with van der Waals surface area (Å²) in [6, 6.07) is 15.5. The standard InChI is InChI=1S/C26H20BrClN2O7S2/c1-15(31)29-19-7-9-20(10-8-19)39(34,35)37-24-21(28)11-17(12-22(24)36-2)13-23-25(32)30(26(33)38-23)14-16-3-5-18(27)6-4-16/h3-13H,14H2,1-2H3,(H,29,31)/b23-13-. The van der Waals surface area contributed by atoms with E-state index in [0.29, 0.717) is 11.3 Å². The van der Waals surface area contributed by atoms with Crippen molar-refractivity contribution in [2.75, 3.05) is 12.4 Å². The van der Waals surface area contributed by atoms with Crippen LogP contribution in [0.15, 0.2) is 74.9 Å². The van der Waals surface area contributed by atoms with Crippen LogP contribution in [-0.2, 0) is 26.3 Å². The highest BCUT2D eigenvalue weighted by atomic mass is 79.9. The molecule has 3 aromatic carbocycles. The van der Waals surface area contributed by atoms with E-state index in [4.69, 9.17) is 20.5 Å². The minimum absolute atomic E-state index is 0.00119. The number of hydrogen-bond donors (Lipinski definition) is 1. The topological polar surface area (TPSA) is 119 Å².